The van der Waals surface area contributed by atoms with Gasteiger partial charge in [0.2, 0.25) is 5.78 Å². The Morgan fingerprint density at radius 1 is 1.00 bits per heavy atom. The molecular formula is C13H12CuN2Na2O8S2+2. The van der Waals surface area contributed by atoms with Crippen molar-refractivity contribution in [3.63, 3.8) is 0 Å². The molecule has 28 heavy (non-hydrogen) atoms. The number of hydrogen-bond donors (Lipinski definition) is 4. The molecule has 1 radical (unpaired) electrons. The van der Waals surface area contributed by atoms with Crippen LogP contribution in [0.15, 0.2) is 50.8 Å². The number of hydrazone groups is 1. The van der Waals surface area contributed by atoms with Crippen molar-refractivity contribution >= 4 is 37.4 Å². The minimum Gasteiger partial charge on any atom is -0.504 e. The number of aromatic hydroxyl groups is 1. The van der Waals surface area contributed by atoms with Crippen LogP contribution in [0.1, 0.15) is 6.92 Å². The average Bonchev–Trinajstić information content (AvgIpc) is 2.47. The molecule has 0 unspecified atom stereocenters. The molecule has 4 N–H and O–H groups in total. The minimum atomic E-state index is -5.01. The van der Waals surface area contributed by atoms with Gasteiger partial charge in [0.15, 0.2) is 5.75 Å². The number of phenols is 1. The van der Waals surface area contributed by atoms with E-state index in [0.29, 0.717) is 17.7 Å². The maximum atomic E-state index is 11.7. The van der Waals surface area contributed by atoms with Crippen molar-refractivity contribution in [1.82, 2.24) is 0 Å². The first-order valence-corrected chi connectivity index (χ1v) is 9.34. The predicted octanol–water partition coefficient (Wildman–Crippen LogP) is -5.26. The number of benzene rings is 1. The van der Waals surface area contributed by atoms with Gasteiger partial charge in [0.05, 0.1) is 4.90 Å². The Morgan fingerprint density at radius 2 is 1.57 bits per heavy atom. The number of carbonyl (C=O) groups excluding carboxylic acids is 1. The standard InChI is InChI=1S/C13H12N2O8S2.Cu.2Na/c1-7-2-3-11(16)9(4-7)14-15-10-5-8(24(18,19)20)6-12(13(10)17)25(21,22)23;;;/h2-6,15,17H,1H3,(H,18,19,20)(H,21,22,23);;;/q;;2*+1/b14-9+;;;. The van der Waals surface area contributed by atoms with Gasteiger partial charge in [-0.15, -0.1) is 0 Å². The van der Waals surface area contributed by atoms with E-state index in [-0.39, 0.29) is 81.9 Å². The van der Waals surface area contributed by atoms with Gasteiger partial charge in [-0.1, -0.05) is 6.08 Å². The average molecular weight is 498 g/mol. The van der Waals surface area contributed by atoms with E-state index in [9.17, 15) is 26.7 Å². The quantitative estimate of drug-likeness (QED) is 0.104. The van der Waals surface area contributed by atoms with Crippen molar-refractivity contribution in [2.24, 2.45) is 5.10 Å². The summed E-state index contributed by atoms with van der Waals surface area (Å²) in [6, 6.07) is 1.06. The van der Waals surface area contributed by atoms with E-state index in [1.807, 2.05) is 0 Å². The number of allylic oxidation sites excluding steroid dienone is 4. The molecular weight excluding hydrogens is 486 g/mol. The van der Waals surface area contributed by atoms with E-state index in [1.165, 1.54) is 18.2 Å². The van der Waals surface area contributed by atoms with Crippen LogP contribution in [0.4, 0.5) is 5.69 Å². The number of phenolic OH excluding ortho intramolecular Hbond substituents is 1. The van der Waals surface area contributed by atoms with Crippen LogP contribution < -0.4 is 64.5 Å². The summed E-state index contributed by atoms with van der Waals surface area (Å²) in [6.45, 7) is 1.69. The van der Waals surface area contributed by atoms with Gasteiger partial charge >= 0.3 is 59.1 Å². The summed E-state index contributed by atoms with van der Waals surface area (Å²) >= 11 is 0. The van der Waals surface area contributed by atoms with Crippen molar-refractivity contribution in [3.8, 4) is 5.75 Å². The summed E-state index contributed by atoms with van der Waals surface area (Å²) in [7, 11) is -9.86. The van der Waals surface area contributed by atoms with Gasteiger partial charge in [0, 0.05) is 17.1 Å². The molecule has 1 aromatic rings. The molecule has 0 aliphatic heterocycles. The van der Waals surface area contributed by atoms with E-state index in [4.69, 9.17) is 9.11 Å². The van der Waals surface area contributed by atoms with E-state index in [1.54, 1.807) is 6.92 Å². The Morgan fingerprint density at radius 3 is 2.07 bits per heavy atom. The number of carbonyl (C=O) groups is 1. The van der Waals surface area contributed by atoms with Gasteiger partial charge in [-0.05, 0) is 36.8 Å². The third kappa shape index (κ3) is 7.67. The first kappa shape index (κ1) is 30.2. The number of anilines is 1. The fraction of sp³-hybridized carbons (Fsp3) is 0.0769. The smallest absolute Gasteiger partial charge is 0.504 e. The largest absolute Gasteiger partial charge is 1.00 e. The van der Waals surface area contributed by atoms with Crippen molar-refractivity contribution in [1.29, 1.82) is 0 Å². The van der Waals surface area contributed by atoms with E-state index < -0.39 is 47.2 Å². The molecule has 0 bridgehead atoms. The van der Waals surface area contributed by atoms with Crippen molar-refractivity contribution in [3.05, 3.63) is 35.9 Å². The Labute approximate surface area is 216 Å². The maximum absolute atomic E-state index is 11.7. The Bertz CT molecular complexity index is 1070. The zero-order chi connectivity index (χ0) is 19.0. The second kappa shape index (κ2) is 11.4. The first-order chi connectivity index (χ1) is 11.4. The molecule has 0 spiro atoms. The molecule has 0 aromatic heterocycles. The summed E-state index contributed by atoms with van der Waals surface area (Å²) < 4.78 is 63.2. The molecule has 1 aromatic carbocycles. The number of nitrogens with zero attached hydrogens (tertiary/aromatic N) is 1. The van der Waals surface area contributed by atoms with Crippen LogP contribution in [0.25, 0.3) is 0 Å². The molecule has 2 rings (SSSR count). The molecule has 10 nitrogen and oxygen atoms in total. The SMILES string of the molecule is CC1=C/C(=N\Nc2cc(S(=O)(=O)O)cc(S(=O)(=O)O)c2O)C(=O)C=C1.[Cu].[Na+].[Na+]. The minimum absolute atomic E-state index is 0. The fourth-order valence-electron chi connectivity index (χ4n) is 1.85. The van der Waals surface area contributed by atoms with E-state index >= 15 is 0 Å². The first-order valence-electron chi connectivity index (χ1n) is 6.46. The van der Waals surface area contributed by atoms with Crippen molar-refractivity contribution in [2.45, 2.75) is 16.7 Å². The molecule has 1 aliphatic carbocycles. The van der Waals surface area contributed by atoms with Crippen LogP contribution in [-0.2, 0) is 42.1 Å². The predicted molar refractivity (Wildman–Crippen MR) is 86.7 cm³/mol. The van der Waals surface area contributed by atoms with Gasteiger partial charge in [0.25, 0.3) is 20.2 Å². The Kier molecular flexibility index (Phi) is 12.3. The van der Waals surface area contributed by atoms with Gasteiger partial charge in [-0.25, -0.2) is 0 Å². The number of hydrogen-bond acceptors (Lipinski definition) is 8. The van der Waals surface area contributed by atoms with Crippen LogP contribution in [0, 0.1) is 0 Å². The second-order valence-corrected chi connectivity index (χ2v) is 7.77. The van der Waals surface area contributed by atoms with Gasteiger partial charge in [0.1, 0.15) is 16.3 Å². The van der Waals surface area contributed by atoms with Gasteiger partial charge in [-0.3, -0.25) is 19.3 Å². The van der Waals surface area contributed by atoms with Crippen LogP contribution >= 0.6 is 0 Å². The summed E-state index contributed by atoms with van der Waals surface area (Å²) in [6.07, 6.45) is 4.16. The second-order valence-electron chi connectivity index (χ2n) is 4.96. The zero-order valence-corrected chi connectivity index (χ0v) is 21.4. The summed E-state index contributed by atoms with van der Waals surface area (Å²) in [5.74, 6) is -1.53. The van der Waals surface area contributed by atoms with E-state index in [2.05, 4.69) is 10.5 Å². The van der Waals surface area contributed by atoms with Crippen LogP contribution in [0.2, 0.25) is 0 Å². The molecule has 0 atom stereocenters. The molecule has 0 saturated heterocycles. The molecule has 0 heterocycles. The molecule has 0 amide bonds. The normalized spacial score (nSPS) is 15.0. The van der Waals surface area contributed by atoms with E-state index in [0.717, 1.165) is 0 Å². The zero-order valence-electron chi connectivity index (χ0n) is 14.8. The van der Waals surface area contributed by atoms with Gasteiger partial charge < -0.3 is 5.11 Å². The number of nitrogens with one attached hydrogen (secondary N) is 1. The summed E-state index contributed by atoms with van der Waals surface area (Å²) in [5, 5.41) is 13.6. The summed E-state index contributed by atoms with van der Waals surface area (Å²) in [4.78, 5) is 9.59. The number of rotatable bonds is 4. The molecule has 1 aliphatic rings. The third-order valence-electron chi connectivity index (χ3n) is 3.04. The van der Waals surface area contributed by atoms with Gasteiger partial charge in [-0.2, -0.15) is 21.9 Å². The molecule has 145 valence electrons. The van der Waals surface area contributed by atoms with Crippen molar-refractivity contribution in [2.75, 3.05) is 5.43 Å². The fourth-order valence-corrected chi connectivity index (χ4v) is 3.09. The van der Waals surface area contributed by atoms with Crippen molar-refractivity contribution < 1.29 is 112 Å². The summed E-state index contributed by atoms with van der Waals surface area (Å²) in [5.41, 5.74) is 2.18. The van der Waals surface area contributed by atoms with Crippen LogP contribution in [-0.4, -0.2) is 42.5 Å². The molecule has 0 saturated carbocycles. The monoisotopic (exact) mass is 497 g/mol. The molecule has 15 heteroatoms. The number of ketones is 1. The Balaban J connectivity index is 0. The maximum Gasteiger partial charge on any atom is 1.00 e. The van der Waals surface area contributed by atoms with Crippen LogP contribution in [0.5, 0.6) is 5.75 Å². The van der Waals surface area contributed by atoms with Crippen LogP contribution in [0.3, 0.4) is 0 Å². The topological polar surface area (TPSA) is 170 Å². The third-order valence-corrected chi connectivity index (χ3v) is 4.73. The Hall–Kier alpha value is -0.0205. The molecule has 0 fully saturated rings.